The summed E-state index contributed by atoms with van der Waals surface area (Å²) >= 11 is 6.35. The Morgan fingerprint density at radius 2 is 2.00 bits per heavy atom. The summed E-state index contributed by atoms with van der Waals surface area (Å²) in [5.41, 5.74) is 6.89. The lowest BCUT2D eigenvalue weighted by Crippen LogP contribution is -2.45. The molecule has 0 unspecified atom stereocenters. The van der Waals surface area contributed by atoms with Crippen molar-refractivity contribution in [3.63, 3.8) is 0 Å². The zero-order chi connectivity index (χ0) is 21.0. The number of likely N-dealkylation sites (tertiary alicyclic amines) is 1. The number of aryl methyl sites for hydroxylation is 1. The number of hydrogen-bond acceptors (Lipinski definition) is 5. The molecule has 1 saturated heterocycles. The van der Waals surface area contributed by atoms with Crippen molar-refractivity contribution in [1.29, 1.82) is 0 Å². The second-order valence-corrected chi connectivity index (χ2v) is 7.41. The number of hydrogen-bond donors (Lipinski definition) is 1. The Kier molecular flexibility index (Phi) is 6.53. The number of esters is 1. The van der Waals surface area contributed by atoms with Gasteiger partial charge in [-0.3, -0.25) is 9.59 Å². The van der Waals surface area contributed by atoms with Crippen LogP contribution in [-0.2, 0) is 20.9 Å². The third-order valence-corrected chi connectivity index (χ3v) is 5.33. The third-order valence-electron chi connectivity index (χ3n) is 4.95. The van der Waals surface area contributed by atoms with Crippen LogP contribution in [0.15, 0.2) is 30.3 Å². The SMILES string of the molecule is Cc1nn(Cc2ccccc2)c(Cl)c1C(=O)OCC(=O)N1CCC[C@H](C(N)=O)C1. The fourth-order valence-electron chi connectivity index (χ4n) is 3.37. The van der Waals surface area contributed by atoms with Gasteiger partial charge in [-0.2, -0.15) is 5.10 Å². The van der Waals surface area contributed by atoms with E-state index in [1.807, 2.05) is 30.3 Å². The molecule has 1 aromatic heterocycles. The summed E-state index contributed by atoms with van der Waals surface area (Å²) in [6.45, 7) is 2.41. The zero-order valence-electron chi connectivity index (χ0n) is 16.1. The topological polar surface area (TPSA) is 108 Å². The van der Waals surface area contributed by atoms with E-state index in [0.29, 0.717) is 31.6 Å². The second kappa shape index (κ2) is 9.09. The first-order chi connectivity index (χ1) is 13.9. The van der Waals surface area contributed by atoms with Crippen molar-refractivity contribution >= 4 is 29.4 Å². The Morgan fingerprint density at radius 1 is 1.28 bits per heavy atom. The minimum Gasteiger partial charge on any atom is -0.452 e. The molecule has 3 rings (SSSR count). The summed E-state index contributed by atoms with van der Waals surface area (Å²) in [6, 6.07) is 9.59. The number of aromatic nitrogens is 2. The third kappa shape index (κ3) is 4.95. The summed E-state index contributed by atoms with van der Waals surface area (Å²) in [5, 5.41) is 4.47. The highest BCUT2D eigenvalue weighted by Gasteiger charge is 2.28. The Hall–Kier alpha value is -2.87. The quantitative estimate of drug-likeness (QED) is 0.719. The minimum absolute atomic E-state index is 0.143. The van der Waals surface area contributed by atoms with E-state index in [1.54, 1.807) is 6.92 Å². The zero-order valence-corrected chi connectivity index (χ0v) is 16.9. The van der Waals surface area contributed by atoms with Gasteiger partial charge in [0.1, 0.15) is 10.7 Å². The van der Waals surface area contributed by atoms with Gasteiger partial charge in [0.25, 0.3) is 5.91 Å². The van der Waals surface area contributed by atoms with Crippen molar-refractivity contribution in [1.82, 2.24) is 14.7 Å². The van der Waals surface area contributed by atoms with E-state index in [4.69, 9.17) is 22.1 Å². The van der Waals surface area contributed by atoms with E-state index >= 15 is 0 Å². The molecule has 1 aromatic carbocycles. The molecule has 0 aliphatic carbocycles. The van der Waals surface area contributed by atoms with Gasteiger partial charge in [0.05, 0.1) is 18.2 Å². The van der Waals surface area contributed by atoms with Crippen LogP contribution in [-0.4, -0.2) is 52.2 Å². The first-order valence-electron chi connectivity index (χ1n) is 9.38. The largest absolute Gasteiger partial charge is 0.452 e. The molecule has 1 aliphatic heterocycles. The summed E-state index contributed by atoms with van der Waals surface area (Å²) in [4.78, 5) is 37.7. The molecule has 1 aliphatic rings. The van der Waals surface area contributed by atoms with Gasteiger partial charge in [-0.05, 0) is 25.3 Å². The molecule has 0 bridgehead atoms. The Morgan fingerprint density at radius 3 is 2.69 bits per heavy atom. The van der Waals surface area contributed by atoms with E-state index in [2.05, 4.69) is 5.10 Å². The summed E-state index contributed by atoms with van der Waals surface area (Å²) in [6.07, 6.45) is 1.35. The van der Waals surface area contributed by atoms with Gasteiger partial charge in [0, 0.05) is 13.1 Å². The van der Waals surface area contributed by atoms with Crippen molar-refractivity contribution in [3.8, 4) is 0 Å². The summed E-state index contributed by atoms with van der Waals surface area (Å²) in [7, 11) is 0. The second-order valence-electron chi connectivity index (χ2n) is 7.05. The van der Waals surface area contributed by atoms with Crippen LogP contribution in [0.1, 0.15) is 34.5 Å². The minimum atomic E-state index is -0.705. The van der Waals surface area contributed by atoms with Crippen LogP contribution in [0.3, 0.4) is 0 Å². The maximum atomic E-state index is 12.5. The lowest BCUT2D eigenvalue weighted by molar-refractivity contribution is -0.137. The molecule has 29 heavy (non-hydrogen) atoms. The fourth-order valence-corrected chi connectivity index (χ4v) is 3.68. The van der Waals surface area contributed by atoms with Crippen LogP contribution in [0.2, 0.25) is 5.15 Å². The highest BCUT2D eigenvalue weighted by Crippen LogP contribution is 2.22. The van der Waals surface area contributed by atoms with Crippen LogP contribution < -0.4 is 5.73 Å². The predicted molar refractivity (Wildman–Crippen MR) is 106 cm³/mol. The molecule has 2 aromatic rings. The molecule has 154 valence electrons. The Labute approximate surface area is 173 Å². The number of nitrogens with two attached hydrogens (primary N) is 1. The van der Waals surface area contributed by atoms with Crippen LogP contribution in [0.25, 0.3) is 0 Å². The highest BCUT2D eigenvalue weighted by atomic mass is 35.5. The number of amides is 2. The molecule has 2 N–H and O–H groups in total. The number of ether oxygens (including phenoxy) is 1. The van der Waals surface area contributed by atoms with Crippen molar-refractivity contribution in [2.45, 2.75) is 26.3 Å². The predicted octanol–water partition coefficient (Wildman–Crippen LogP) is 1.77. The van der Waals surface area contributed by atoms with Gasteiger partial charge in [-0.1, -0.05) is 41.9 Å². The number of halogens is 1. The highest BCUT2D eigenvalue weighted by molar-refractivity contribution is 6.32. The summed E-state index contributed by atoms with van der Waals surface area (Å²) in [5.74, 6) is -1.86. The number of rotatable bonds is 6. The maximum Gasteiger partial charge on any atom is 0.343 e. The molecule has 1 atom stereocenters. The van der Waals surface area contributed by atoms with Gasteiger partial charge in [-0.15, -0.1) is 0 Å². The van der Waals surface area contributed by atoms with Gasteiger partial charge in [0.15, 0.2) is 6.61 Å². The maximum absolute atomic E-state index is 12.5. The number of carbonyl (C=O) groups excluding carboxylic acids is 3. The first-order valence-corrected chi connectivity index (χ1v) is 9.75. The Bertz CT molecular complexity index is 913. The molecule has 2 heterocycles. The number of carbonyl (C=O) groups is 3. The number of primary amides is 1. The molecular formula is C20H23ClN4O4. The van der Waals surface area contributed by atoms with Gasteiger partial charge in [0.2, 0.25) is 5.91 Å². The molecule has 8 nitrogen and oxygen atoms in total. The lowest BCUT2D eigenvalue weighted by Gasteiger charge is -2.31. The molecular weight excluding hydrogens is 396 g/mol. The lowest BCUT2D eigenvalue weighted by atomic mass is 9.97. The molecule has 0 radical (unpaired) electrons. The van der Waals surface area contributed by atoms with Crippen molar-refractivity contribution < 1.29 is 19.1 Å². The Balaban J connectivity index is 1.62. The van der Waals surface area contributed by atoms with Crippen LogP contribution in [0.5, 0.6) is 0 Å². The van der Waals surface area contributed by atoms with Gasteiger partial charge < -0.3 is 15.4 Å². The normalized spacial score (nSPS) is 16.5. The van der Waals surface area contributed by atoms with E-state index in [0.717, 1.165) is 5.56 Å². The van der Waals surface area contributed by atoms with Crippen LogP contribution in [0, 0.1) is 12.8 Å². The average Bonchev–Trinajstić information content (AvgIpc) is 2.99. The van der Waals surface area contributed by atoms with E-state index in [1.165, 1.54) is 9.58 Å². The van der Waals surface area contributed by atoms with Crippen molar-refractivity contribution in [3.05, 3.63) is 52.3 Å². The average molecular weight is 419 g/mol. The standard InChI is InChI=1S/C20H23ClN4O4/c1-13-17(18(21)25(23-13)10-14-6-3-2-4-7-14)20(28)29-12-16(26)24-9-5-8-15(11-24)19(22)27/h2-4,6-7,15H,5,8-12H2,1H3,(H2,22,27)/t15-/m0/s1. The molecule has 9 heteroatoms. The fraction of sp³-hybridized carbons (Fsp3) is 0.400. The van der Waals surface area contributed by atoms with Crippen LogP contribution in [0.4, 0.5) is 0 Å². The van der Waals surface area contributed by atoms with Crippen molar-refractivity contribution in [2.75, 3.05) is 19.7 Å². The summed E-state index contributed by atoms with van der Waals surface area (Å²) < 4.78 is 6.70. The monoisotopic (exact) mass is 418 g/mol. The van der Waals surface area contributed by atoms with E-state index < -0.39 is 18.5 Å². The van der Waals surface area contributed by atoms with E-state index in [-0.39, 0.29) is 29.1 Å². The number of piperidine rings is 1. The smallest absolute Gasteiger partial charge is 0.343 e. The van der Waals surface area contributed by atoms with Gasteiger partial charge in [-0.25, -0.2) is 9.48 Å². The molecule has 1 fully saturated rings. The first kappa shape index (κ1) is 20.9. The van der Waals surface area contributed by atoms with Crippen LogP contribution >= 0.6 is 11.6 Å². The molecule has 0 saturated carbocycles. The van der Waals surface area contributed by atoms with Gasteiger partial charge >= 0.3 is 5.97 Å². The molecule has 0 spiro atoms. The number of nitrogens with zero attached hydrogens (tertiary/aromatic N) is 3. The van der Waals surface area contributed by atoms with E-state index in [9.17, 15) is 14.4 Å². The number of benzene rings is 1. The molecule has 2 amide bonds. The van der Waals surface area contributed by atoms with Crippen molar-refractivity contribution in [2.24, 2.45) is 11.7 Å².